The largest absolute Gasteiger partial charge is 0.466 e. The van der Waals surface area contributed by atoms with Crippen molar-refractivity contribution < 1.29 is 24.5 Å². The summed E-state index contributed by atoms with van der Waals surface area (Å²) in [7, 11) is 0. The van der Waals surface area contributed by atoms with E-state index in [1.165, 1.54) is 295 Å². The second-order valence-corrected chi connectivity index (χ2v) is 23.2. The molecule has 0 saturated heterocycles. The lowest BCUT2D eigenvalue weighted by Gasteiger charge is -2.22. The Morgan fingerprint density at radius 2 is 0.676 bits per heavy atom. The van der Waals surface area contributed by atoms with Gasteiger partial charge in [-0.3, -0.25) is 9.59 Å². The number of unbranched alkanes of at least 4 members (excludes halogenated alkanes) is 48. The zero-order valence-corrected chi connectivity index (χ0v) is 50.1. The molecule has 0 bridgehead atoms. The molecule has 1 amide bonds. The van der Waals surface area contributed by atoms with E-state index < -0.39 is 12.1 Å². The van der Waals surface area contributed by atoms with Gasteiger partial charge < -0.3 is 20.3 Å². The molecule has 0 aliphatic carbocycles. The Labute approximate surface area is 462 Å². The fourth-order valence-corrected chi connectivity index (χ4v) is 10.6. The van der Waals surface area contributed by atoms with Crippen LogP contribution in [0.25, 0.3) is 0 Å². The van der Waals surface area contributed by atoms with Crippen LogP contribution in [0.5, 0.6) is 0 Å². The molecule has 0 aliphatic rings. The molecule has 0 aliphatic heterocycles. The summed E-state index contributed by atoms with van der Waals surface area (Å²) in [4.78, 5) is 24.6. The highest BCUT2D eigenvalue weighted by atomic mass is 16.5. The molecule has 0 aromatic heterocycles. The number of nitrogens with one attached hydrogen (secondary N) is 1. The fraction of sp³-hybridized carbons (Fsp3) is 0.912. The van der Waals surface area contributed by atoms with Gasteiger partial charge in [-0.15, -0.1) is 0 Å². The van der Waals surface area contributed by atoms with Gasteiger partial charge in [-0.2, -0.15) is 0 Å². The number of hydrogen-bond acceptors (Lipinski definition) is 5. The highest BCUT2D eigenvalue weighted by Gasteiger charge is 2.20. The SMILES string of the molecule is CCCCCCCCCCCCCCCCCCCC(=O)OCCCCCCCCCCC/C=C\C/C=C\CCCCCCCCCC(=O)NC(CO)C(O)CCCCCCCCCCCCCCCCCCC. The Kier molecular flexibility index (Phi) is 62.4. The number of carbonyl (C=O) groups excluding carboxylic acids is 2. The summed E-state index contributed by atoms with van der Waals surface area (Å²) in [5, 5.41) is 23.3. The molecule has 0 heterocycles. The van der Waals surface area contributed by atoms with E-state index in [1.54, 1.807) is 0 Å². The maximum atomic E-state index is 12.5. The third-order valence-corrected chi connectivity index (χ3v) is 15.8. The van der Waals surface area contributed by atoms with Crippen LogP contribution in [-0.2, 0) is 14.3 Å². The van der Waals surface area contributed by atoms with E-state index in [0.717, 1.165) is 44.9 Å². The zero-order chi connectivity index (χ0) is 53.6. The molecule has 2 atom stereocenters. The Morgan fingerprint density at radius 1 is 0.378 bits per heavy atom. The first-order valence-corrected chi connectivity index (χ1v) is 33.6. The average molecular weight is 1040 g/mol. The lowest BCUT2D eigenvalue weighted by molar-refractivity contribution is -0.143. The van der Waals surface area contributed by atoms with Gasteiger partial charge in [0.25, 0.3) is 0 Å². The Hall–Kier alpha value is -1.66. The molecule has 6 nitrogen and oxygen atoms in total. The number of rotatable bonds is 63. The molecule has 0 aromatic rings. The Balaban J connectivity index is 3.42. The van der Waals surface area contributed by atoms with Crippen molar-refractivity contribution in [2.75, 3.05) is 13.2 Å². The van der Waals surface area contributed by atoms with Crippen LogP contribution in [0, 0.1) is 0 Å². The third-order valence-electron chi connectivity index (χ3n) is 15.8. The topological polar surface area (TPSA) is 95.9 Å². The van der Waals surface area contributed by atoms with Crippen LogP contribution in [0.4, 0.5) is 0 Å². The van der Waals surface area contributed by atoms with E-state index in [2.05, 4.69) is 43.5 Å². The van der Waals surface area contributed by atoms with Gasteiger partial charge in [0.2, 0.25) is 5.91 Å². The number of ether oxygens (including phenoxy) is 1. The van der Waals surface area contributed by atoms with Crippen molar-refractivity contribution >= 4 is 11.9 Å². The van der Waals surface area contributed by atoms with Crippen LogP contribution in [0.2, 0.25) is 0 Å². The molecule has 0 aromatic carbocycles. The van der Waals surface area contributed by atoms with Crippen molar-refractivity contribution in [1.29, 1.82) is 0 Å². The van der Waals surface area contributed by atoms with Gasteiger partial charge in [0, 0.05) is 12.8 Å². The molecule has 0 saturated carbocycles. The summed E-state index contributed by atoms with van der Waals surface area (Å²) in [6.07, 6.45) is 79.2. The van der Waals surface area contributed by atoms with Crippen LogP contribution < -0.4 is 5.32 Å². The minimum Gasteiger partial charge on any atom is -0.466 e. The molecule has 2 unspecified atom stereocenters. The Bertz CT molecular complexity index is 1150. The predicted octanol–water partition coefficient (Wildman–Crippen LogP) is 21.4. The molecule has 74 heavy (non-hydrogen) atoms. The van der Waals surface area contributed by atoms with E-state index in [4.69, 9.17) is 4.74 Å². The van der Waals surface area contributed by atoms with Gasteiger partial charge in [0.05, 0.1) is 25.4 Å². The lowest BCUT2D eigenvalue weighted by Crippen LogP contribution is -2.45. The van der Waals surface area contributed by atoms with E-state index in [0.29, 0.717) is 25.9 Å². The molecule has 0 spiro atoms. The molecule has 0 radical (unpaired) electrons. The summed E-state index contributed by atoms with van der Waals surface area (Å²) >= 11 is 0. The summed E-state index contributed by atoms with van der Waals surface area (Å²) in [6.45, 7) is 4.98. The number of aliphatic hydroxyl groups excluding tert-OH is 2. The molecule has 6 heteroatoms. The van der Waals surface area contributed by atoms with E-state index in [9.17, 15) is 19.8 Å². The summed E-state index contributed by atoms with van der Waals surface area (Å²) < 4.78 is 5.50. The van der Waals surface area contributed by atoms with Gasteiger partial charge in [-0.1, -0.05) is 327 Å². The number of amides is 1. The average Bonchev–Trinajstić information content (AvgIpc) is 3.40. The highest BCUT2D eigenvalue weighted by molar-refractivity contribution is 5.76. The van der Waals surface area contributed by atoms with Gasteiger partial charge in [0.15, 0.2) is 0 Å². The number of hydrogen-bond donors (Lipinski definition) is 3. The second-order valence-electron chi connectivity index (χ2n) is 23.2. The Morgan fingerprint density at radius 3 is 1.03 bits per heavy atom. The predicted molar refractivity (Wildman–Crippen MR) is 324 cm³/mol. The van der Waals surface area contributed by atoms with E-state index in [-0.39, 0.29) is 18.5 Å². The number of esters is 1. The fourth-order valence-electron chi connectivity index (χ4n) is 10.6. The number of allylic oxidation sites excluding steroid dienone is 4. The minimum absolute atomic E-state index is 0.0117. The van der Waals surface area contributed by atoms with Crippen molar-refractivity contribution in [2.45, 2.75) is 386 Å². The van der Waals surface area contributed by atoms with Crippen LogP contribution in [0.15, 0.2) is 24.3 Å². The maximum absolute atomic E-state index is 12.5. The lowest BCUT2D eigenvalue weighted by atomic mass is 10.0. The van der Waals surface area contributed by atoms with Gasteiger partial charge >= 0.3 is 5.97 Å². The zero-order valence-electron chi connectivity index (χ0n) is 50.1. The molecule has 438 valence electrons. The van der Waals surface area contributed by atoms with Crippen molar-refractivity contribution in [3.8, 4) is 0 Å². The maximum Gasteiger partial charge on any atom is 0.305 e. The molecule has 0 rings (SSSR count). The van der Waals surface area contributed by atoms with Crippen molar-refractivity contribution in [3.63, 3.8) is 0 Å². The van der Waals surface area contributed by atoms with Crippen LogP contribution >= 0.6 is 0 Å². The summed E-state index contributed by atoms with van der Waals surface area (Å²) in [6, 6.07) is -0.549. The van der Waals surface area contributed by atoms with Crippen molar-refractivity contribution in [2.24, 2.45) is 0 Å². The van der Waals surface area contributed by atoms with Crippen LogP contribution in [0.3, 0.4) is 0 Å². The normalized spacial score (nSPS) is 12.6. The quantitative estimate of drug-likeness (QED) is 0.0320. The van der Waals surface area contributed by atoms with Crippen molar-refractivity contribution in [1.82, 2.24) is 5.32 Å². The van der Waals surface area contributed by atoms with E-state index >= 15 is 0 Å². The first-order chi connectivity index (χ1) is 36.5. The molecule has 3 N–H and O–H groups in total. The van der Waals surface area contributed by atoms with Crippen molar-refractivity contribution in [3.05, 3.63) is 24.3 Å². The monoisotopic (exact) mass is 1040 g/mol. The van der Waals surface area contributed by atoms with E-state index in [1.807, 2.05) is 0 Å². The number of carbonyl (C=O) groups is 2. The van der Waals surface area contributed by atoms with Crippen LogP contribution in [0.1, 0.15) is 373 Å². The first-order valence-electron chi connectivity index (χ1n) is 33.6. The van der Waals surface area contributed by atoms with Crippen LogP contribution in [-0.4, -0.2) is 47.4 Å². The summed E-state index contributed by atoms with van der Waals surface area (Å²) in [5.41, 5.74) is 0. The molecular weight excluding hydrogens is 911 g/mol. The second kappa shape index (κ2) is 63.9. The minimum atomic E-state index is -0.671. The highest BCUT2D eigenvalue weighted by Crippen LogP contribution is 2.18. The number of aliphatic hydroxyl groups is 2. The van der Waals surface area contributed by atoms with Gasteiger partial charge in [-0.05, 0) is 57.8 Å². The molecule has 0 fully saturated rings. The third kappa shape index (κ3) is 59.6. The smallest absolute Gasteiger partial charge is 0.305 e. The first kappa shape index (κ1) is 72.3. The standard InChI is InChI=1S/C68H131NO5/c1-3-5-7-9-11-13-15-17-19-28-32-36-40-44-48-52-56-60-66(71)65(64-70)69-67(72)61-57-53-49-45-41-37-33-30-26-24-22-21-23-25-27-31-35-39-43-47-51-55-59-63-74-68(73)62-58-54-50-46-42-38-34-29-20-18-16-14-12-10-8-6-4-2/h21,23-24,26,65-66,70-71H,3-20,22,25,27-64H2,1-2H3,(H,69,72)/b23-21-,26-24-. The van der Waals surface area contributed by atoms with Gasteiger partial charge in [-0.25, -0.2) is 0 Å². The van der Waals surface area contributed by atoms with Gasteiger partial charge in [0.1, 0.15) is 0 Å². The summed E-state index contributed by atoms with van der Waals surface area (Å²) in [5.74, 6) is -0.0307. The molecular formula is C68H131NO5.